The van der Waals surface area contributed by atoms with Crippen LogP contribution in [0, 0.1) is 0 Å². The van der Waals surface area contributed by atoms with Gasteiger partial charge in [-0.05, 0) is 25.0 Å². The summed E-state index contributed by atoms with van der Waals surface area (Å²) in [7, 11) is 1.93. The minimum Gasteiger partial charge on any atom is -0.335 e. The molecule has 0 aromatic heterocycles. The SMILES string of the molecule is CN(C(=O)NC1CCCC1)C1CCSC1. The van der Waals surface area contributed by atoms with Gasteiger partial charge in [0.15, 0.2) is 0 Å². The number of amides is 2. The molecular weight excluding hydrogens is 208 g/mol. The van der Waals surface area contributed by atoms with Crippen molar-refractivity contribution in [3.05, 3.63) is 0 Å². The van der Waals surface area contributed by atoms with Gasteiger partial charge in [0.1, 0.15) is 0 Å². The number of hydrogen-bond acceptors (Lipinski definition) is 2. The number of carbonyl (C=O) groups is 1. The predicted molar refractivity (Wildman–Crippen MR) is 64.3 cm³/mol. The van der Waals surface area contributed by atoms with Crippen LogP contribution in [-0.4, -0.2) is 41.6 Å². The van der Waals surface area contributed by atoms with Crippen molar-refractivity contribution in [1.82, 2.24) is 10.2 Å². The maximum Gasteiger partial charge on any atom is 0.317 e. The van der Waals surface area contributed by atoms with Crippen molar-refractivity contribution in [3.8, 4) is 0 Å². The normalized spacial score (nSPS) is 26.9. The minimum atomic E-state index is 0.134. The van der Waals surface area contributed by atoms with Crippen molar-refractivity contribution in [3.63, 3.8) is 0 Å². The smallest absolute Gasteiger partial charge is 0.317 e. The monoisotopic (exact) mass is 228 g/mol. The van der Waals surface area contributed by atoms with E-state index in [0.717, 1.165) is 12.2 Å². The van der Waals surface area contributed by atoms with Gasteiger partial charge in [0, 0.05) is 24.9 Å². The van der Waals surface area contributed by atoms with Gasteiger partial charge in [-0.2, -0.15) is 11.8 Å². The second kappa shape index (κ2) is 5.10. The molecule has 1 aliphatic carbocycles. The molecule has 1 heterocycles. The fourth-order valence-corrected chi connectivity index (χ4v) is 3.61. The minimum absolute atomic E-state index is 0.134. The predicted octanol–water partition coefficient (Wildman–Crippen LogP) is 2.08. The van der Waals surface area contributed by atoms with Crippen LogP contribution in [-0.2, 0) is 0 Å². The van der Waals surface area contributed by atoms with Crippen LogP contribution in [0.5, 0.6) is 0 Å². The van der Waals surface area contributed by atoms with Crippen molar-refractivity contribution in [1.29, 1.82) is 0 Å². The van der Waals surface area contributed by atoms with Gasteiger partial charge < -0.3 is 10.2 Å². The molecule has 3 nitrogen and oxygen atoms in total. The number of urea groups is 1. The van der Waals surface area contributed by atoms with Crippen LogP contribution in [0.15, 0.2) is 0 Å². The first-order chi connectivity index (χ1) is 7.27. The molecule has 1 aliphatic heterocycles. The molecule has 2 rings (SSSR count). The summed E-state index contributed by atoms with van der Waals surface area (Å²) >= 11 is 1.95. The quantitative estimate of drug-likeness (QED) is 0.785. The van der Waals surface area contributed by atoms with Crippen LogP contribution in [0.25, 0.3) is 0 Å². The van der Waals surface area contributed by atoms with Crippen molar-refractivity contribution < 1.29 is 4.79 Å². The molecule has 2 fully saturated rings. The third-order valence-corrected chi connectivity index (χ3v) is 4.60. The average molecular weight is 228 g/mol. The Morgan fingerprint density at radius 3 is 2.67 bits per heavy atom. The second-order valence-corrected chi connectivity index (χ2v) is 5.71. The Balaban J connectivity index is 1.78. The molecule has 4 heteroatoms. The van der Waals surface area contributed by atoms with E-state index in [1.54, 1.807) is 0 Å². The Labute approximate surface area is 96.0 Å². The fourth-order valence-electron chi connectivity index (χ4n) is 2.34. The van der Waals surface area contributed by atoms with E-state index in [1.807, 2.05) is 23.7 Å². The van der Waals surface area contributed by atoms with E-state index in [0.29, 0.717) is 12.1 Å². The fraction of sp³-hybridized carbons (Fsp3) is 0.909. The molecule has 0 spiro atoms. The number of thioether (sulfide) groups is 1. The molecule has 2 amide bonds. The Morgan fingerprint density at radius 2 is 2.07 bits per heavy atom. The van der Waals surface area contributed by atoms with Gasteiger partial charge in [-0.25, -0.2) is 4.79 Å². The topological polar surface area (TPSA) is 32.3 Å². The Kier molecular flexibility index (Phi) is 3.78. The lowest BCUT2D eigenvalue weighted by Crippen LogP contribution is -2.46. The zero-order valence-corrected chi connectivity index (χ0v) is 10.2. The summed E-state index contributed by atoms with van der Waals surface area (Å²) in [5.41, 5.74) is 0. The Bertz CT molecular complexity index is 223. The third kappa shape index (κ3) is 2.80. The van der Waals surface area contributed by atoms with Crippen LogP contribution >= 0.6 is 11.8 Å². The summed E-state index contributed by atoms with van der Waals surface area (Å²) in [4.78, 5) is 13.8. The van der Waals surface area contributed by atoms with E-state index in [-0.39, 0.29) is 6.03 Å². The molecule has 1 N–H and O–H groups in total. The molecule has 1 saturated carbocycles. The van der Waals surface area contributed by atoms with Gasteiger partial charge in [0.2, 0.25) is 0 Å². The molecule has 1 atom stereocenters. The summed E-state index contributed by atoms with van der Waals surface area (Å²) in [6.07, 6.45) is 6.03. The number of rotatable bonds is 2. The molecule has 15 heavy (non-hydrogen) atoms. The van der Waals surface area contributed by atoms with Gasteiger partial charge in [-0.15, -0.1) is 0 Å². The first-order valence-corrected chi connectivity index (χ1v) is 7.04. The number of nitrogens with zero attached hydrogens (tertiary/aromatic N) is 1. The van der Waals surface area contributed by atoms with E-state index in [9.17, 15) is 4.79 Å². The maximum atomic E-state index is 11.9. The lowest BCUT2D eigenvalue weighted by Gasteiger charge is -2.25. The second-order valence-electron chi connectivity index (χ2n) is 4.56. The van der Waals surface area contributed by atoms with E-state index in [4.69, 9.17) is 0 Å². The molecule has 0 aromatic carbocycles. The highest BCUT2D eigenvalue weighted by Gasteiger charge is 2.25. The van der Waals surface area contributed by atoms with Crippen LogP contribution in [0.1, 0.15) is 32.1 Å². The molecule has 86 valence electrons. The highest BCUT2D eigenvalue weighted by molar-refractivity contribution is 7.99. The van der Waals surface area contributed by atoms with Gasteiger partial charge in [-0.3, -0.25) is 0 Å². The van der Waals surface area contributed by atoms with E-state index in [1.165, 1.54) is 31.4 Å². The Morgan fingerprint density at radius 1 is 1.33 bits per heavy atom. The zero-order valence-electron chi connectivity index (χ0n) is 9.37. The molecular formula is C11H20N2OS. The molecule has 0 aromatic rings. The van der Waals surface area contributed by atoms with Crippen molar-refractivity contribution in [2.24, 2.45) is 0 Å². The van der Waals surface area contributed by atoms with E-state index in [2.05, 4.69) is 5.32 Å². The number of hydrogen-bond donors (Lipinski definition) is 1. The Hall–Kier alpha value is -0.380. The third-order valence-electron chi connectivity index (χ3n) is 3.46. The lowest BCUT2D eigenvalue weighted by molar-refractivity contribution is 0.191. The summed E-state index contributed by atoms with van der Waals surface area (Å²) in [5.74, 6) is 2.31. The molecule has 0 bridgehead atoms. The van der Waals surface area contributed by atoms with Gasteiger partial charge >= 0.3 is 6.03 Å². The van der Waals surface area contributed by atoms with E-state index < -0.39 is 0 Å². The standard InChI is InChI=1S/C11H20N2OS/c1-13(10-6-7-15-8-10)11(14)12-9-4-2-3-5-9/h9-10H,2-8H2,1H3,(H,12,14). The number of nitrogens with one attached hydrogen (secondary N) is 1. The molecule has 1 unspecified atom stereocenters. The molecule has 0 radical (unpaired) electrons. The zero-order chi connectivity index (χ0) is 10.7. The van der Waals surface area contributed by atoms with E-state index >= 15 is 0 Å². The molecule has 2 aliphatic rings. The summed E-state index contributed by atoms with van der Waals surface area (Å²) in [6.45, 7) is 0. The maximum absolute atomic E-state index is 11.9. The summed E-state index contributed by atoms with van der Waals surface area (Å²) in [5, 5.41) is 3.13. The van der Waals surface area contributed by atoms with Crippen molar-refractivity contribution in [2.45, 2.75) is 44.2 Å². The highest BCUT2D eigenvalue weighted by Crippen LogP contribution is 2.22. The summed E-state index contributed by atoms with van der Waals surface area (Å²) < 4.78 is 0. The largest absolute Gasteiger partial charge is 0.335 e. The number of carbonyl (C=O) groups excluding carboxylic acids is 1. The van der Waals surface area contributed by atoms with Crippen LogP contribution < -0.4 is 5.32 Å². The lowest BCUT2D eigenvalue weighted by atomic mass is 10.2. The van der Waals surface area contributed by atoms with Crippen molar-refractivity contribution >= 4 is 17.8 Å². The van der Waals surface area contributed by atoms with Gasteiger partial charge in [-0.1, -0.05) is 12.8 Å². The summed E-state index contributed by atoms with van der Waals surface area (Å²) in [6, 6.07) is 1.03. The van der Waals surface area contributed by atoms with Gasteiger partial charge in [0.05, 0.1) is 0 Å². The van der Waals surface area contributed by atoms with Crippen LogP contribution in [0.4, 0.5) is 4.79 Å². The van der Waals surface area contributed by atoms with Crippen LogP contribution in [0.2, 0.25) is 0 Å². The van der Waals surface area contributed by atoms with Gasteiger partial charge in [0.25, 0.3) is 0 Å². The van der Waals surface area contributed by atoms with Crippen LogP contribution in [0.3, 0.4) is 0 Å². The first-order valence-electron chi connectivity index (χ1n) is 5.88. The average Bonchev–Trinajstić information content (AvgIpc) is 2.88. The van der Waals surface area contributed by atoms with Crippen molar-refractivity contribution in [2.75, 3.05) is 18.6 Å². The highest BCUT2D eigenvalue weighted by atomic mass is 32.2. The first kappa shape index (κ1) is 11.1. The molecule has 1 saturated heterocycles.